The van der Waals surface area contributed by atoms with E-state index in [1.807, 2.05) is 4.90 Å². The molecule has 4 rings (SSSR count). The Morgan fingerprint density at radius 3 is 2.29 bits per heavy atom. The molecule has 2 unspecified atom stereocenters. The van der Waals surface area contributed by atoms with Gasteiger partial charge in [-0.05, 0) is 39.3 Å². The zero-order valence-corrected chi connectivity index (χ0v) is 22.2. The molecular weight excluding hydrogens is 500 g/mol. The molecule has 3 fully saturated rings. The fourth-order valence-corrected chi connectivity index (χ4v) is 5.46. The third-order valence-electron chi connectivity index (χ3n) is 7.39. The maximum absolute atomic E-state index is 13.7. The Bertz CT molecular complexity index is 1110. The molecule has 3 aliphatic heterocycles. The van der Waals surface area contributed by atoms with Gasteiger partial charge < -0.3 is 24.6 Å². The van der Waals surface area contributed by atoms with Crippen LogP contribution in [0.25, 0.3) is 0 Å². The van der Waals surface area contributed by atoms with Crippen molar-refractivity contribution in [1.29, 1.82) is 0 Å². The number of urea groups is 1. The van der Waals surface area contributed by atoms with Crippen LogP contribution in [-0.4, -0.2) is 91.1 Å². The molecule has 0 bridgehead atoms. The van der Waals surface area contributed by atoms with Gasteiger partial charge in [0.15, 0.2) is 11.6 Å². The minimum Gasteiger partial charge on any atom is -0.444 e. The van der Waals surface area contributed by atoms with E-state index in [1.165, 1.54) is 17.0 Å². The van der Waals surface area contributed by atoms with Crippen molar-refractivity contribution >= 4 is 30.0 Å². The molecule has 0 aromatic heterocycles. The van der Waals surface area contributed by atoms with Crippen LogP contribution >= 0.6 is 0 Å². The Morgan fingerprint density at radius 1 is 1.11 bits per heavy atom. The molecule has 2 N–H and O–H groups in total. The van der Waals surface area contributed by atoms with Gasteiger partial charge >= 0.3 is 12.1 Å². The number of rotatable bonds is 7. The Hall–Kier alpha value is -3.28. The highest BCUT2D eigenvalue weighted by Crippen LogP contribution is 2.39. The number of anilines is 1. The summed E-state index contributed by atoms with van der Waals surface area (Å²) in [5.74, 6) is -2.69. The summed E-state index contributed by atoms with van der Waals surface area (Å²) in [4.78, 5) is 55.6. The van der Waals surface area contributed by atoms with Crippen molar-refractivity contribution in [1.82, 2.24) is 20.4 Å². The number of hydrogen-bond acceptors (Lipinski definition) is 7. The lowest BCUT2D eigenvalue weighted by molar-refractivity contribution is -0.132. The van der Waals surface area contributed by atoms with Crippen LogP contribution in [0.2, 0.25) is 0 Å². The Labute approximate surface area is 220 Å². The summed E-state index contributed by atoms with van der Waals surface area (Å²) in [5, 5.41) is 5.07. The SMILES string of the molecule is CC(C=O)(CN1CCN(c2ccc(F)c(F)c2)CC1)CC1(C2CN(C(=O)OC(C)(C)C)C2)NC(=O)NC1=O. The lowest BCUT2D eigenvalue weighted by Crippen LogP contribution is -2.68. The van der Waals surface area contributed by atoms with E-state index >= 15 is 0 Å². The van der Waals surface area contributed by atoms with Crippen molar-refractivity contribution in [2.24, 2.45) is 11.3 Å². The van der Waals surface area contributed by atoms with Crippen LogP contribution < -0.4 is 15.5 Å². The lowest BCUT2D eigenvalue weighted by atomic mass is 9.68. The molecule has 1 aromatic rings. The summed E-state index contributed by atoms with van der Waals surface area (Å²) in [6, 6.07) is 3.18. The number of ether oxygens (including phenoxy) is 1. The molecule has 3 saturated heterocycles. The Kier molecular flexibility index (Phi) is 7.39. The van der Waals surface area contributed by atoms with Crippen molar-refractivity contribution in [3.8, 4) is 0 Å². The van der Waals surface area contributed by atoms with Gasteiger partial charge in [0.1, 0.15) is 17.4 Å². The smallest absolute Gasteiger partial charge is 0.410 e. The number of aldehydes is 1. The van der Waals surface area contributed by atoms with E-state index in [0.717, 1.165) is 12.4 Å². The van der Waals surface area contributed by atoms with Crippen LogP contribution in [0.5, 0.6) is 0 Å². The van der Waals surface area contributed by atoms with Crippen LogP contribution in [0.15, 0.2) is 18.2 Å². The molecule has 0 saturated carbocycles. The first kappa shape index (κ1) is 27.7. The number of carbonyl (C=O) groups excluding carboxylic acids is 4. The fraction of sp³-hybridized carbons (Fsp3) is 0.615. The van der Waals surface area contributed by atoms with Gasteiger partial charge in [0.25, 0.3) is 5.91 Å². The average molecular weight is 536 g/mol. The summed E-state index contributed by atoms with van der Waals surface area (Å²) in [6.07, 6.45) is 0.390. The molecule has 0 radical (unpaired) electrons. The predicted octanol–water partition coefficient (Wildman–Crippen LogP) is 2.13. The predicted molar refractivity (Wildman–Crippen MR) is 135 cm³/mol. The van der Waals surface area contributed by atoms with E-state index in [2.05, 4.69) is 15.5 Å². The van der Waals surface area contributed by atoms with Gasteiger partial charge in [-0.1, -0.05) is 6.92 Å². The van der Waals surface area contributed by atoms with Crippen molar-refractivity contribution in [2.75, 3.05) is 50.7 Å². The minimum atomic E-state index is -1.33. The quantitative estimate of drug-likeness (QED) is 0.407. The van der Waals surface area contributed by atoms with Crippen LogP contribution in [0.1, 0.15) is 34.1 Å². The minimum absolute atomic E-state index is 0.0668. The van der Waals surface area contributed by atoms with Gasteiger partial charge in [-0.15, -0.1) is 0 Å². The number of imide groups is 1. The van der Waals surface area contributed by atoms with Crippen molar-refractivity contribution in [2.45, 2.75) is 45.3 Å². The first-order valence-corrected chi connectivity index (χ1v) is 12.7. The Morgan fingerprint density at radius 2 is 1.76 bits per heavy atom. The van der Waals surface area contributed by atoms with Gasteiger partial charge in [0, 0.05) is 68.9 Å². The summed E-state index contributed by atoms with van der Waals surface area (Å²) in [7, 11) is 0. The zero-order valence-electron chi connectivity index (χ0n) is 22.2. The van der Waals surface area contributed by atoms with Crippen molar-refractivity contribution in [3.05, 3.63) is 29.8 Å². The van der Waals surface area contributed by atoms with Crippen LogP contribution in [0.4, 0.5) is 24.1 Å². The summed E-state index contributed by atoms with van der Waals surface area (Å²) < 4.78 is 32.4. The fourth-order valence-electron chi connectivity index (χ4n) is 5.46. The van der Waals surface area contributed by atoms with E-state index in [9.17, 15) is 28.0 Å². The molecule has 3 aliphatic rings. The zero-order chi connectivity index (χ0) is 27.9. The molecular formula is C26H35F2N5O5. The number of carbonyl (C=O) groups is 4. The highest BCUT2D eigenvalue weighted by molar-refractivity contribution is 6.07. The normalized spacial score (nSPS) is 24.4. The second-order valence-electron chi connectivity index (χ2n) is 11.8. The third kappa shape index (κ3) is 5.74. The van der Waals surface area contributed by atoms with E-state index in [-0.39, 0.29) is 25.4 Å². The van der Waals surface area contributed by atoms with Crippen molar-refractivity contribution < 1.29 is 32.7 Å². The van der Waals surface area contributed by atoms with Gasteiger partial charge in [0.2, 0.25) is 0 Å². The third-order valence-corrected chi connectivity index (χ3v) is 7.39. The van der Waals surface area contributed by atoms with Gasteiger partial charge in [-0.3, -0.25) is 15.0 Å². The summed E-state index contributed by atoms with van der Waals surface area (Å²) in [5.41, 5.74) is -2.39. The molecule has 1 aromatic carbocycles. The molecule has 4 amide bonds. The molecule has 208 valence electrons. The largest absolute Gasteiger partial charge is 0.444 e. The van der Waals surface area contributed by atoms with Gasteiger partial charge in [0.05, 0.1) is 0 Å². The van der Waals surface area contributed by atoms with Gasteiger partial charge in [-0.25, -0.2) is 18.4 Å². The molecule has 2 atom stereocenters. The van der Waals surface area contributed by atoms with Crippen molar-refractivity contribution in [3.63, 3.8) is 0 Å². The highest BCUT2D eigenvalue weighted by Gasteiger charge is 2.59. The maximum Gasteiger partial charge on any atom is 0.410 e. The lowest BCUT2D eigenvalue weighted by Gasteiger charge is -2.49. The van der Waals surface area contributed by atoms with Gasteiger partial charge in [-0.2, -0.15) is 0 Å². The number of nitrogens with zero attached hydrogens (tertiary/aromatic N) is 3. The standard InChI is InChI=1S/C26H35F2N5O5/c1-24(2,3)38-23(37)33-12-17(13-33)26(21(35)29-22(36)30-26)14-25(4,16-34)15-31-7-9-32(10-8-31)18-5-6-19(27)20(28)11-18/h5-6,11,16-17H,7-10,12-15H2,1-4H3,(H2,29,30,35,36). The maximum atomic E-state index is 13.7. The first-order valence-electron chi connectivity index (χ1n) is 12.7. The highest BCUT2D eigenvalue weighted by atomic mass is 19.2. The number of halogens is 2. The molecule has 3 heterocycles. The molecule has 12 heteroatoms. The molecule has 10 nitrogen and oxygen atoms in total. The summed E-state index contributed by atoms with van der Waals surface area (Å²) in [6.45, 7) is 10.1. The summed E-state index contributed by atoms with van der Waals surface area (Å²) >= 11 is 0. The molecule has 0 aliphatic carbocycles. The number of amides is 4. The number of likely N-dealkylation sites (tertiary alicyclic amines) is 1. The molecule has 0 spiro atoms. The second-order valence-corrected chi connectivity index (χ2v) is 11.8. The van der Waals surface area contributed by atoms with Crippen LogP contribution in [0, 0.1) is 23.0 Å². The number of nitrogens with one attached hydrogen (secondary N) is 2. The topological polar surface area (TPSA) is 111 Å². The van der Waals surface area contributed by atoms with Crippen LogP contribution in [-0.2, 0) is 14.3 Å². The Balaban J connectivity index is 1.41. The number of benzene rings is 1. The second kappa shape index (κ2) is 10.1. The molecule has 38 heavy (non-hydrogen) atoms. The van der Waals surface area contributed by atoms with Crippen LogP contribution in [0.3, 0.4) is 0 Å². The van der Waals surface area contributed by atoms with E-state index in [1.54, 1.807) is 27.7 Å². The average Bonchev–Trinajstić information content (AvgIpc) is 3.06. The monoisotopic (exact) mass is 535 g/mol. The number of hydrogen-bond donors (Lipinski definition) is 2. The van der Waals surface area contributed by atoms with E-state index in [4.69, 9.17) is 4.74 Å². The van der Waals surface area contributed by atoms with E-state index in [0.29, 0.717) is 38.4 Å². The van der Waals surface area contributed by atoms with E-state index < -0.39 is 46.2 Å². The first-order chi connectivity index (χ1) is 17.7. The number of piperazine rings is 1.